The van der Waals surface area contributed by atoms with Crippen LogP contribution in [0.1, 0.15) is 29.2 Å². The smallest absolute Gasteiger partial charge is 0.235 e. The Balaban J connectivity index is 0.00000196. The van der Waals surface area contributed by atoms with Crippen LogP contribution < -0.4 is 12.9 Å². The van der Waals surface area contributed by atoms with Gasteiger partial charge in [-0.1, -0.05) is 29.4 Å². The first kappa shape index (κ1) is 20.8. The Kier molecular flexibility index (Phi) is 6.92. The molecule has 4 rings (SSSR count). The monoisotopic (exact) mass is 628 g/mol. The second-order valence-electron chi connectivity index (χ2n) is 5.72. The quantitative estimate of drug-likeness (QED) is 0.241. The van der Waals surface area contributed by atoms with Crippen LogP contribution in [-0.2, 0) is 6.42 Å². The van der Waals surface area contributed by atoms with Crippen molar-refractivity contribution in [1.29, 1.82) is 0 Å². The van der Waals surface area contributed by atoms with Gasteiger partial charge in [0.15, 0.2) is 28.2 Å². The molecule has 3 heterocycles. The number of halogens is 2. The molecule has 0 bridgehead atoms. The molecular weight excluding hydrogens is 616 g/mol. The van der Waals surface area contributed by atoms with E-state index in [1.807, 2.05) is 42.3 Å². The third-order valence-electron chi connectivity index (χ3n) is 4.25. The molecule has 26 heavy (non-hydrogen) atoms. The molecule has 1 radical (unpaired) electrons. The summed E-state index contributed by atoms with van der Waals surface area (Å²) in [6, 6.07) is 1.95. The molecule has 1 unspecified atom stereocenters. The van der Waals surface area contributed by atoms with Gasteiger partial charge >= 0.3 is 0 Å². The molecule has 133 valence electrons. The van der Waals surface area contributed by atoms with Crippen molar-refractivity contribution in [3.63, 3.8) is 0 Å². The van der Waals surface area contributed by atoms with Crippen molar-refractivity contribution in [3.8, 4) is 11.8 Å². The number of thioether (sulfide) groups is 1. The van der Waals surface area contributed by atoms with Gasteiger partial charge in [-0.25, -0.2) is 0 Å². The fraction of sp³-hybridized carbons (Fsp3) is 0.312. The molecule has 1 aliphatic heterocycles. The number of aryl methyl sites for hydroxylation is 1. The van der Waals surface area contributed by atoms with Crippen molar-refractivity contribution in [2.45, 2.75) is 31.0 Å². The summed E-state index contributed by atoms with van der Waals surface area (Å²) in [4.78, 5) is 8.90. The number of fused-ring (bicyclic) bond motifs is 2. The summed E-state index contributed by atoms with van der Waals surface area (Å²) in [5.74, 6) is 1.12. The predicted molar refractivity (Wildman–Crippen MR) is 105 cm³/mol. The molecule has 0 saturated carbocycles. The van der Waals surface area contributed by atoms with Gasteiger partial charge in [0.05, 0.1) is 10.6 Å². The van der Waals surface area contributed by atoms with Crippen molar-refractivity contribution < 1.29 is 49.1 Å². The van der Waals surface area contributed by atoms with E-state index in [1.165, 1.54) is 11.8 Å². The van der Waals surface area contributed by atoms with Crippen molar-refractivity contribution in [2.75, 3.05) is 6.26 Å². The van der Waals surface area contributed by atoms with Crippen LogP contribution in [0.3, 0.4) is 0 Å². The Bertz CT molecular complexity index is 971. The van der Waals surface area contributed by atoms with Crippen LogP contribution in [0.2, 0.25) is 5.02 Å². The van der Waals surface area contributed by atoms with E-state index in [0.717, 1.165) is 40.4 Å². The molecule has 0 N–H and O–H groups in total. The molecule has 2 aromatic heterocycles. The summed E-state index contributed by atoms with van der Waals surface area (Å²) >= 11 is 9.89. The molecular formula is C16H13ClIN4O2PrS-. The van der Waals surface area contributed by atoms with Gasteiger partial charge in [-0.3, -0.25) is 0 Å². The fourth-order valence-electron chi connectivity index (χ4n) is 3.06. The van der Waals surface area contributed by atoms with Gasteiger partial charge in [0.1, 0.15) is 6.10 Å². The second kappa shape index (κ2) is 8.63. The summed E-state index contributed by atoms with van der Waals surface area (Å²) in [6.07, 6.45) is 4.95. The van der Waals surface area contributed by atoms with Crippen LogP contribution in [0.5, 0.6) is 11.8 Å². The zero-order chi connectivity index (χ0) is 17.6. The number of hydrogen-bond donors (Lipinski definition) is 0. The van der Waals surface area contributed by atoms with Crippen LogP contribution in [0, 0.1) is 48.2 Å². The van der Waals surface area contributed by atoms with Crippen LogP contribution in [-0.4, -0.2) is 21.3 Å². The zero-order valence-electron chi connectivity index (χ0n) is 14.0. The summed E-state index contributed by atoms with van der Waals surface area (Å²) < 4.78 is 11.6. The minimum Gasteiger partial charge on any atom is -0.575 e. The van der Waals surface area contributed by atoms with Gasteiger partial charge in [-0.05, 0) is 37.0 Å². The summed E-state index contributed by atoms with van der Waals surface area (Å²) in [6.45, 7) is 1.97. The number of aromatic nitrogens is 4. The molecule has 0 fully saturated rings. The fourth-order valence-corrected chi connectivity index (χ4v) is 4.05. The van der Waals surface area contributed by atoms with Gasteiger partial charge in [0.25, 0.3) is 0 Å². The van der Waals surface area contributed by atoms with Crippen LogP contribution in [0.15, 0.2) is 17.4 Å². The van der Waals surface area contributed by atoms with E-state index in [9.17, 15) is 0 Å². The maximum absolute atomic E-state index is 6.61. The summed E-state index contributed by atoms with van der Waals surface area (Å²) in [5.41, 5.74) is 3.61. The molecule has 0 saturated heterocycles. The molecule has 3 aromatic rings. The summed E-state index contributed by atoms with van der Waals surface area (Å²) in [7, 11) is 0. The molecule has 0 amide bonds. The minimum atomic E-state index is -0.208. The standard InChI is InChI=1S/C16H13ClIN4O2S.Pr/c1-7-5-10-9(6-19-22-10)12(13(7)17)11-4-3-8-14(23-11)20-16(25-2)21-15(8)24-18;/h5-6,11H,3-4H2,1-2H3;/q-1;. The largest absolute Gasteiger partial charge is 0.575 e. The van der Waals surface area contributed by atoms with Gasteiger partial charge in [-0.15, -0.1) is 5.52 Å². The zero-order valence-corrected chi connectivity index (χ0v) is 21.4. The Labute approximate surface area is 207 Å². The number of benzene rings is 1. The van der Waals surface area contributed by atoms with Crippen LogP contribution >= 0.6 is 46.4 Å². The minimum absolute atomic E-state index is 0. The van der Waals surface area contributed by atoms with Crippen LogP contribution in [0.4, 0.5) is 0 Å². The normalized spacial score (nSPS) is 15.9. The van der Waals surface area contributed by atoms with E-state index in [0.29, 0.717) is 21.9 Å². The van der Waals surface area contributed by atoms with Crippen molar-refractivity contribution >= 4 is 57.3 Å². The topological polar surface area (TPSA) is 71.2 Å². The average molecular weight is 629 g/mol. The van der Waals surface area contributed by atoms with Crippen LogP contribution in [0.25, 0.3) is 10.9 Å². The van der Waals surface area contributed by atoms with Gasteiger partial charge in [0.2, 0.25) is 11.8 Å². The maximum Gasteiger partial charge on any atom is 0.235 e. The predicted octanol–water partition coefficient (Wildman–Crippen LogP) is 4.46. The van der Waals surface area contributed by atoms with E-state index in [4.69, 9.17) is 19.4 Å². The van der Waals surface area contributed by atoms with E-state index in [-0.39, 0.29) is 47.4 Å². The Hall–Kier alpha value is 0.104. The van der Waals surface area contributed by atoms with Crippen molar-refractivity contribution in [3.05, 3.63) is 34.0 Å². The molecule has 0 aliphatic carbocycles. The average Bonchev–Trinajstić information content (AvgIpc) is 3.08. The first-order valence-corrected chi connectivity index (χ1v) is 10.1. The number of nitrogens with zero attached hydrogens (tertiary/aromatic N) is 4. The first-order chi connectivity index (χ1) is 12.1. The molecule has 1 atom stereocenters. The van der Waals surface area contributed by atoms with Gasteiger partial charge in [-0.2, -0.15) is 9.97 Å². The van der Waals surface area contributed by atoms with E-state index in [2.05, 4.69) is 20.2 Å². The van der Waals surface area contributed by atoms with Gasteiger partial charge < -0.3 is 18.0 Å². The number of ether oxygens (including phenoxy) is 1. The SMILES string of the molecule is CSc1nc(OI)c2c(n1)OC(c1c(Cl)c(C)cc3[n-]ncc13)CC2.[Pr]. The number of hydrogen-bond acceptors (Lipinski definition) is 6. The number of rotatable bonds is 3. The molecule has 10 heteroatoms. The molecule has 6 nitrogen and oxygen atoms in total. The third kappa shape index (κ3) is 3.68. The van der Waals surface area contributed by atoms with E-state index >= 15 is 0 Å². The molecule has 1 aliphatic rings. The third-order valence-corrected chi connectivity index (χ3v) is 5.72. The first-order valence-electron chi connectivity index (χ1n) is 7.59. The Morgan fingerprint density at radius 1 is 1.42 bits per heavy atom. The second-order valence-corrected chi connectivity index (χ2v) is 7.31. The van der Waals surface area contributed by atoms with E-state index < -0.39 is 0 Å². The Morgan fingerprint density at radius 3 is 2.96 bits per heavy atom. The summed E-state index contributed by atoms with van der Waals surface area (Å²) in [5, 5.41) is 10.4. The van der Waals surface area contributed by atoms with E-state index in [1.54, 1.807) is 6.20 Å². The van der Waals surface area contributed by atoms with Crippen molar-refractivity contribution in [1.82, 2.24) is 20.2 Å². The molecule has 1 aromatic carbocycles. The maximum atomic E-state index is 6.61. The molecule has 0 spiro atoms. The van der Waals surface area contributed by atoms with Crippen molar-refractivity contribution in [2.24, 2.45) is 0 Å². The van der Waals surface area contributed by atoms with Gasteiger partial charge in [0, 0.05) is 53.1 Å². The Morgan fingerprint density at radius 2 is 2.23 bits per heavy atom.